The third-order valence-electron chi connectivity index (χ3n) is 3.35. The van der Waals surface area contributed by atoms with Crippen LogP contribution in [0.3, 0.4) is 0 Å². The summed E-state index contributed by atoms with van der Waals surface area (Å²) in [6.07, 6.45) is 5.26. The van der Waals surface area contributed by atoms with Gasteiger partial charge in [-0.15, -0.1) is 0 Å². The maximum Gasteiger partial charge on any atom is 0.240 e. The number of likely N-dealkylation sites (tertiary alicyclic amines) is 1. The summed E-state index contributed by atoms with van der Waals surface area (Å²) in [5.41, 5.74) is 5.45. The van der Waals surface area contributed by atoms with Crippen LogP contribution in [-0.4, -0.2) is 28.1 Å². The molecular formula is C12H22N4O. The van der Waals surface area contributed by atoms with Crippen molar-refractivity contribution in [1.29, 1.82) is 0 Å². The molecule has 0 spiro atoms. The number of rotatable bonds is 5. The molecule has 5 heteroatoms. The first-order chi connectivity index (χ1) is 8.31. The zero-order chi connectivity index (χ0) is 12.1. The molecule has 0 aliphatic carbocycles. The molecule has 1 aliphatic rings. The Hall–Kier alpha value is -0.940. The Balaban J connectivity index is 1.85. The van der Waals surface area contributed by atoms with Crippen molar-refractivity contribution >= 4 is 0 Å². The first kappa shape index (κ1) is 12.5. The van der Waals surface area contributed by atoms with Crippen molar-refractivity contribution in [3.05, 3.63) is 11.7 Å². The van der Waals surface area contributed by atoms with E-state index in [0.717, 1.165) is 24.8 Å². The SMILES string of the molecule is CCCC1CCCN(Cc2noc(CN)n2)C1. The fraction of sp³-hybridized carbons (Fsp3) is 0.833. The average Bonchev–Trinajstić information content (AvgIpc) is 2.78. The van der Waals surface area contributed by atoms with Crippen molar-refractivity contribution in [2.45, 2.75) is 45.7 Å². The summed E-state index contributed by atoms with van der Waals surface area (Å²) < 4.78 is 5.02. The molecule has 2 heterocycles. The van der Waals surface area contributed by atoms with Gasteiger partial charge in [-0.25, -0.2) is 0 Å². The zero-order valence-electron chi connectivity index (χ0n) is 10.6. The molecule has 1 aromatic rings. The molecule has 0 bridgehead atoms. The number of hydrogen-bond acceptors (Lipinski definition) is 5. The highest BCUT2D eigenvalue weighted by molar-refractivity contribution is 4.87. The van der Waals surface area contributed by atoms with E-state index in [9.17, 15) is 0 Å². The largest absolute Gasteiger partial charge is 0.338 e. The van der Waals surface area contributed by atoms with E-state index in [4.69, 9.17) is 10.3 Å². The fourth-order valence-corrected chi connectivity index (χ4v) is 2.58. The maximum atomic E-state index is 5.45. The third kappa shape index (κ3) is 3.51. The Labute approximate surface area is 102 Å². The standard InChI is InChI=1S/C12H22N4O/c1-2-4-10-5-3-6-16(8-10)9-11-14-12(7-13)17-15-11/h10H,2-9,13H2,1H3. The van der Waals surface area contributed by atoms with Gasteiger partial charge >= 0.3 is 0 Å². The summed E-state index contributed by atoms with van der Waals surface area (Å²) in [6.45, 7) is 5.69. The molecule has 96 valence electrons. The molecule has 1 unspecified atom stereocenters. The van der Waals surface area contributed by atoms with E-state index in [0.29, 0.717) is 12.4 Å². The van der Waals surface area contributed by atoms with Crippen molar-refractivity contribution < 1.29 is 4.52 Å². The van der Waals surface area contributed by atoms with Crippen molar-refractivity contribution in [3.63, 3.8) is 0 Å². The Bertz CT molecular complexity index is 337. The van der Waals surface area contributed by atoms with Crippen molar-refractivity contribution in [2.75, 3.05) is 13.1 Å². The van der Waals surface area contributed by atoms with Gasteiger partial charge in [0.2, 0.25) is 5.89 Å². The summed E-state index contributed by atoms with van der Waals surface area (Å²) in [5.74, 6) is 2.14. The molecular weight excluding hydrogens is 216 g/mol. The quantitative estimate of drug-likeness (QED) is 0.842. The molecule has 17 heavy (non-hydrogen) atoms. The maximum absolute atomic E-state index is 5.45. The van der Waals surface area contributed by atoms with Gasteiger partial charge in [0, 0.05) is 6.54 Å². The van der Waals surface area contributed by atoms with E-state index >= 15 is 0 Å². The number of nitrogens with zero attached hydrogens (tertiary/aromatic N) is 3. The van der Waals surface area contributed by atoms with Crippen LogP contribution in [0.15, 0.2) is 4.52 Å². The lowest BCUT2D eigenvalue weighted by Crippen LogP contribution is -2.35. The molecule has 2 rings (SSSR count). The van der Waals surface area contributed by atoms with E-state index in [1.807, 2.05) is 0 Å². The van der Waals surface area contributed by atoms with Crippen LogP contribution in [-0.2, 0) is 13.1 Å². The van der Waals surface area contributed by atoms with Crippen LogP contribution in [0.5, 0.6) is 0 Å². The Kier molecular flexibility index (Phi) is 4.50. The molecule has 1 atom stereocenters. The first-order valence-electron chi connectivity index (χ1n) is 6.55. The highest BCUT2D eigenvalue weighted by atomic mass is 16.5. The molecule has 1 fully saturated rings. The lowest BCUT2D eigenvalue weighted by molar-refractivity contribution is 0.156. The summed E-state index contributed by atoms with van der Waals surface area (Å²) in [6, 6.07) is 0. The molecule has 0 amide bonds. The Morgan fingerprint density at radius 2 is 2.41 bits per heavy atom. The zero-order valence-corrected chi connectivity index (χ0v) is 10.6. The molecule has 1 saturated heterocycles. The number of aromatic nitrogens is 2. The molecule has 2 N–H and O–H groups in total. The number of piperidine rings is 1. The van der Waals surface area contributed by atoms with Gasteiger partial charge in [0.15, 0.2) is 5.82 Å². The minimum atomic E-state index is 0.325. The average molecular weight is 238 g/mol. The van der Waals surface area contributed by atoms with Crippen LogP contribution in [0.4, 0.5) is 0 Å². The van der Waals surface area contributed by atoms with E-state index in [2.05, 4.69) is 22.0 Å². The van der Waals surface area contributed by atoms with Gasteiger partial charge in [-0.3, -0.25) is 4.90 Å². The molecule has 0 radical (unpaired) electrons. The highest BCUT2D eigenvalue weighted by Gasteiger charge is 2.20. The predicted molar refractivity (Wildman–Crippen MR) is 65.1 cm³/mol. The van der Waals surface area contributed by atoms with Crippen molar-refractivity contribution in [2.24, 2.45) is 11.7 Å². The summed E-state index contributed by atoms with van der Waals surface area (Å²) in [4.78, 5) is 6.67. The van der Waals surface area contributed by atoms with E-state index < -0.39 is 0 Å². The van der Waals surface area contributed by atoms with E-state index in [-0.39, 0.29) is 0 Å². The van der Waals surface area contributed by atoms with Gasteiger partial charge in [0.25, 0.3) is 0 Å². The number of hydrogen-bond donors (Lipinski definition) is 1. The lowest BCUT2D eigenvalue weighted by atomic mass is 9.94. The van der Waals surface area contributed by atoms with Crippen LogP contribution < -0.4 is 5.73 Å². The number of nitrogens with two attached hydrogens (primary N) is 1. The van der Waals surface area contributed by atoms with Crippen LogP contribution in [0.2, 0.25) is 0 Å². The second-order valence-corrected chi connectivity index (χ2v) is 4.84. The summed E-state index contributed by atoms with van der Waals surface area (Å²) in [5, 5.41) is 3.94. The van der Waals surface area contributed by atoms with Gasteiger partial charge in [-0.2, -0.15) is 4.98 Å². The molecule has 0 aromatic carbocycles. The van der Waals surface area contributed by atoms with E-state index in [1.54, 1.807) is 0 Å². The normalized spacial score (nSPS) is 21.9. The fourth-order valence-electron chi connectivity index (χ4n) is 2.58. The monoisotopic (exact) mass is 238 g/mol. The first-order valence-corrected chi connectivity index (χ1v) is 6.55. The van der Waals surface area contributed by atoms with Crippen LogP contribution in [0.25, 0.3) is 0 Å². The minimum Gasteiger partial charge on any atom is -0.338 e. The lowest BCUT2D eigenvalue weighted by Gasteiger charge is -2.31. The molecule has 0 saturated carbocycles. The predicted octanol–water partition coefficient (Wildman–Crippen LogP) is 1.54. The summed E-state index contributed by atoms with van der Waals surface area (Å²) >= 11 is 0. The molecule has 1 aliphatic heterocycles. The van der Waals surface area contributed by atoms with Gasteiger partial charge in [-0.1, -0.05) is 18.5 Å². The topological polar surface area (TPSA) is 68.2 Å². The van der Waals surface area contributed by atoms with E-state index in [1.165, 1.54) is 32.2 Å². The smallest absolute Gasteiger partial charge is 0.240 e. The Morgan fingerprint density at radius 1 is 1.53 bits per heavy atom. The van der Waals surface area contributed by atoms with Crippen LogP contribution in [0, 0.1) is 5.92 Å². The van der Waals surface area contributed by atoms with Gasteiger partial charge < -0.3 is 10.3 Å². The van der Waals surface area contributed by atoms with Crippen molar-refractivity contribution in [1.82, 2.24) is 15.0 Å². The minimum absolute atomic E-state index is 0.325. The highest BCUT2D eigenvalue weighted by Crippen LogP contribution is 2.21. The third-order valence-corrected chi connectivity index (χ3v) is 3.35. The van der Waals surface area contributed by atoms with Crippen LogP contribution in [0.1, 0.15) is 44.3 Å². The van der Waals surface area contributed by atoms with Gasteiger partial charge in [0.05, 0.1) is 13.1 Å². The molecule has 1 aromatic heterocycles. The Morgan fingerprint density at radius 3 is 3.12 bits per heavy atom. The van der Waals surface area contributed by atoms with Gasteiger partial charge in [-0.05, 0) is 31.7 Å². The van der Waals surface area contributed by atoms with Crippen LogP contribution >= 0.6 is 0 Å². The second kappa shape index (κ2) is 6.12. The van der Waals surface area contributed by atoms with Crippen molar-refractivity contribution in [3.8, 4) is 0 Å². The summed E-state index contributed by atoms with van der Waals surface area (Å²) in [7, 11) is 0. The molecule has 5 nitrogen and oxygen atoms in total. The second-order valence-electron chi connectivity index (χ2n) is 4.84. The van der Waals surface area contributed by atoms with Gasteiger partial charge in [0.1, 0.15) is 0 Å².